The van der Waals surface area contributed by atoms with Crippen molar-refractivity contribution in [3.8, 4) is 10.6 Å². The van der Waals surface area contributed by atoms with Gasteiger partial charge in [0.25, 0.3) is 0 Å². The van der Waals surface area contributed by atoms with Crippen LogP contribution >= 0.6 is 22.9 Å². The number of rotatable bonds is 7. The Morgan fingerprint density at radius 2 is 2.26 bits per heavy atom. The van der Waals surface area contributed by atoms with Gasteiger partial charge in [-0.1, -0.05) is 29.9 Å². The standard InChI is InChI=1S/C15H18ClN3O2S2/c1-3-8-19(12(20)6-9-23(2)21)15-13(16)18-14(22-15)11-5-4-7-17-10-11/h4-5,7,10H,3,6,8-9H2,1-2H3. The lowest BCUT2D eigenvalue weighted by Gasteiger charge is -2.20. The monoisotopic (exact) mass is 371 g/mol. The minimum atomic E-state index is -0.994. The third-order valence-corrected chi connectivity index (χ3v) is 5.36. The van der Waals surface area contributed by atoms with Crippen LogP contribution < -0.4 is 4.90 Å². The molecule has 8 heteroatoms. The lowest BCUT2D eigenvalue weighted by molar-refractivity contribution is -0.118. The first-order valence-electron chi connectivity index (χ1n) is 7.20. The molecule has 5 nitrogen and oxygen atoms in total. The van der Waals surface area contributed by atoms with E-state index in [9.17, 15) is 9.00 Å². The van der Waals surface area contributed by atoms with E-state index < -0.39 is 10.8 Å². The van der Waals surface area contributed by atoms with Gasteiger partial charge in [-0.15, -0.1) is 0 Å². The van der Waals surface area contributed by atoms with Crippen molar-refractivity contribution in [1.82, 2.24) is 9.97 Å². The minimum Gasteiger partial charge on any atom is -0.301 e. The van der Waals surface area contributed by atoms with Crippen molar-refractivity contribution in [3.63, 3.8) is 0 Å². The summed E-state index contributed by atoms with van der Waals surface area (Å²) in [6, 6.07) is 3.73. The van der Waals surface area contributed by atoms with E-state index in [1.54, 1.807) is 23.5 Å². The second kappa shape index (κ2) is 8.52. The van der Waals surface area contributed by atoms with E-state index in [0.717, 1.165) is 17.0 Å². The predicted molar refractivity (Wildman–Crippen MR) is 96.5 cm³/mol. The Balaban J connectivity index is 2.27. The van der Waals surface area contributed by atoms with E-state index in [4.69, 9.17) is 11.6 Å². The van der Waals surface area contributed by atoms with Gasteiger partial charge in [0, 0.05) is 53.7 Å². The molecule has 2 rings (SSSR count). The molecule has 0 spiro atoms. The van der Waals surface area contributed by atoms with Gasteiger partial charge in [0.2, 0.25) is 5.91 Å². The highest BCUT2D eigenvalue weighted by Gasteiger charge is 2.22. The van der Waals surface area contributed by atoms with Crippen LogP contribution in [0.15, 0.2) is 24.5 Å². The van der Waals surface area contributed by atoms with Crippen LogP contribution in [-0.4, -0.2) is 38.6 Å². The lowest BCUT2D eigenvalue weighted by Crippen LogP contribution is -2.32. The molecule has 2 aromatic heterocycles. The fraction of sp³-hybridized carbons (Fsp3) is 0.400. The smallest absolute Gasteiger partial charge is 0.228 e. The number of anilines is 1. The number of aromatic nitrogens is 2. The molecule has 0 aliphatic carbocycles. The highest BCUT2D eigenvalue weighted by atomic mass is 35.5. The molecule has 1 amide bonds. The fourth-order valence-electron chi connectivity index (χ4n) is 2.00. The Kier molecular flexibility index (Phi) is 6.68. The van der Waals surface area contributed by atoms with Crippen LogP contribution in [0, 0.1) is 0 Å². The summed E-state index contributed by atoms with van der Waals surface area (Å²) in [5.74, 6) is 0.274. The Morgan fingerprint density at radius 3 is 2.87 bits per heavy atom. The number of carbonyl (C=O) groups is 1. The molecule has 0 saturated heterocycles. The normalized spacial score (nSPS) is 12.1. The number of nitrogens with zero attached hydrogens (tertiary/aromatic N) is 3. The van der Waals surface area contributed by atoms with Crippen LogP contribution in [0.5, 0.6) is 0 Å². The highest BCUT2D eigenvalue weighted by molar-refractivity contribution is 7.84. The largest absolute Gasteiger partial charge is 0.301 e. The third kappa shape index (κ3) is 4.83. The molecule has 2 aromatic rings. The minimum absolute atomic E-state index is 0.0784. The van der Waals surface area contributed by atoms with Gasteiger partial charge in [-0.3, -0.25) is 14.0 Å². The van der Waals surface area contributed by atoms with E-state index in [0.29, 0.717) is 22.5 Å². The quantitative estimate of drug-likeness (QED) is 0.748. The first-order valence-corrected chi connectivity index (χ1v) is 10.1. The van der Waals surface area contributed by atoms with Crippen LogP contribution in [0.25, 0.3) is 10.6 Å². The van der Waals surface area contributed by atoms with Crippen molar-refractivity contribution >= 4 is 44.6 Å². The van der Waals surface area contributed by atoms with Crippen molar-refractivity contribution in [3.05, 3.63) is 29.7 Å². The average Bonchev–Trinajstić information content (AvgIpc) is 2.93. The Labute approximate surface area is 147 Å². The Morgan fingerprint density at radius 1 is 1.48 bits per heavy atom. The van der Waals surface area contributed by atoms with Crippen molar-refractivity contribution in [2.45, 2.75) is 19.8 Å². The third-order valence-electron chi connectivity index (χ3n) is 3.07. The maximum atomic E-state index is 12.4. The highest BCUT2D eigenvalue weighted by Crippen LogP contribution is 2.37. The summed E-state index contributed by atoms with van der Waals surface area (Å²) in [5, 5.41) is 1.68. The fourth-order valence-corrected chi connectivity index (χ4v) is 3.81. The van der Waals surface area contributed by atoms with Crippen molar-refractivity contribution in [2.75, 3.05) is 23.5 Å². The van der Waals surface area contributed by atoms with Gasteiger partial charge in [-0.2, -0.15) is 0 Å². The second-order valence-corrected chi connectivity index (χ2v) is 7.82. The van der Waals surface area contributed by atoms with Crippen LogP contribution in [0.3, 0.4) is 0 Å². The number of hydrogen-bond acceptors (Lipinski definition) is 5. The molecule has 0 bridgehead atoms. The molecule has 0 aromatic carbocycles. The first kappa shape index (κ1) is 18.0. The molecule has 0 radical (unpaired) electrons. The second-order valence-electron chi connectivity index (χ2n) is 4.93. The van der Waals surface area contributed by atoms with Crippen molar-refractivity contribution in [2.24, 2.45) is 0 Å². The topological polar surface area (TPSA) is 63.2 Å². The van der Waals surface area contributed by atoms with Crippen LogP contribution in [-0.2, 0) is 15.6 Å². The molecule has 124 valence electrons. The van der Waals surface area contributed by atoms with Gasteiger partial charge in [-0.25, -0.2) is 4.98 Å². The van der Waals surface area contributed by atoms with Crippen LogP contribution in [0.4, 0.5) is 5.00 Å². The SMILES string of the molecule is CCCN(C(=O)CCS(C)=O)c1sc(-c2cccnc2)nc1Cl. The predicted octanol–water partition coefficient (Wildman–Crippen LogP) is 3.37. The van der Waals surface area contributed by atoms with Gasteiger partial charge >= 0.3 is 0 Å². The van der Waals surface area contributed by atoms with E-state index in [1.807, 2.05) is 19.1 Å². The summed E-state index contributed by atoms with van der Waals surface area (Å²) >= 11 is 7.63. The molecule has 0 saturated carbocycles. The number of amides is 1. The average molecular weight is 372 g/mol. The van der Waals surface area contributed by atoms with Crippen molar-refractivity contribution in [1.29, 1.82) is 0 Å². The molecular formula is C15H18ClN3O2S2. The summed E-state index contributed by atoms with van der Waals surface area (Å²) in [6.07, 6.45) is 6.04. The summed E-state index contributed by atoms with van der Waals surface area (Å²) in [4.78, 5) is 22.5. The van der Waals surface area contributed by atoms with Crippen LogP contribution in [0.1, 0.15) is 19.8 Å². The zero-order chi connectivity index (χ0) is 16.8. The summed E-state index contributed by atoms with van der Waals surface area (Å²) in [5.41, 5.74) is 0.865. The Bertz CT molecular complexity index is 691. The lowest BCUT2D eigenvalue weighted by atomic mass is 10.3. The molecule has 0 aliphatic rings. The first-order chi connectivity index (χ1) is 11.0. The van der Waals surface area contributed by atoms with Gasteiger partial charge in [0.15, 0.2) is 5.15 Å². The number of carbonyl (C=O) groups excluding carboxylic acids is 1. The van der Waals surface area contributed by atoms with E-state index >= 15 is 0 Å². The zero-order valence-electron chi connectivity index (χ0n) is 13.0. The molecular weight excluding hydrogens is 354 g/mol. The molecule has 1 unspecified atom stereocenters. The van der Waals surface area contributed by atoms with Crippen molar-refractivity contribution < 1.29 is 9.00 Å². The summed E-state index contributed by atoms with van der Waals surface area (Å²) in [6.45, 7) is 2.55. The van der Waals surface area contributed by atoms with Gasteiger partial charge < -0.3 is 4.90 Å². The van der Waals surface area contributed by atoms with Crippen LogP contribution in [0.2, 0.25) is 5.15 Å². The zero-order valence-corrected chi connectivity index (χ0v) is 15.4. The number of thiazole rings is 1. The molecule has 1 atom stereocenters. The molecule has 23 heavy (non-hydrogen) atoms. The number of hydrogen-bond donors (Lipinski definition) is 0. The molecule has 2 heterocycles. The number of halogens is 1. The van der Waals surface area contributed by atoms with Gasteiger partial charge in [0.05, 0.1) is 0 Å². The van der Waals surface area contributed by atoms with E-state index in [-0.39, 0.29) is 12.3 Å². The Hall–Kier alpha value is -1.31. The maximum Gasteiger partial charge on any atom is 0.228 e. The van der Waals surface area contributed by atoms with Gasteiger partial charge in [0.1, 0.15) is 10.0 Å². The van der Waals surface area contributed by atoms with E-state index in [2.05, 4.69) is 9.97 Å². The number of pyridine rings is 1. The maximum absolute atomic E-state index is 12.4. The molecule has 0 aliphatic heterocycles. The van der Waals surface area contributed by atoms with Gasteiger partial charge in [-0.05, 0) is 18.6 Å². The molecule has 0 N–H and O–H groups in total. The molecule has 0 fully saturated rings. The summed E-state index contributed by atoms with van der Waals surface area (Å²) in [7, 11) is -0.994. The van der Waals surface area contributed by atoms with E-state index in [1.165, 1.54) is 11.3 Å². The summed E-state index contributed by atoms with van der Waals surface area (Å²) < 4.78 is 11.2.